The van der Waals surface area contributed by atoms with Crippen LogP contribution in [0.4, 0.5) is 0 Å². The number of amides is 1. The van der Waals surface area contributed by atoms with E-state index >= 15 is 0 Å². The second-order valence-corrected chi connectivity index (χ2v) is 12.0. The molecule has 2 aromatic carbocycles. The Morgan fingerprint density at radius 3 is 2.57 bits per heavy atom. The number of nitrogens with zero attached hydrogens (tertiary/aromatic N) is 2. The van der Waals surface area contributed by atoms with Crippen LogP contribution in [0.1, 0.15) is 41.7 Å². The molecule has 4 heterocycles. The minimum atomic E-state index is -0.397. The van der Waals surface area contributed by atoms with E-state index in [2.05, 4.69) is 16.0 Å². The molecule has 3 aliphatic heterocycles. The number of aliphatic hydroxyl groups excluding tert-OH is 1. The van der Waals surface area contributed by atoms with Crippen molar-refractivity contribution in [1.82, 2.24) is 14.8 Å². The molecule has 0 bridgehead atoms. The summed E-state index contributed by atoms with van der Waals surface area (Å²) in [7, 11) is 0. The van der Waals surface area contributed by atoms with Crippen LogP contribution in [-0.4, -0.2) is 71.2 Å². The fourth-order valence-corrected chi connectivity index (χ4v) is 6.98. The van der Waals surface area contributed by atoms with Crippen LogP contribution in [0, 0.1) is 5.92 Å². The third-order valence-electron chi connectivity index (χ3n) is 8.53. The second kappa shape index (κ2) is 9.97. The number of β-amino-alcohol motifs (C(OH)–C–C–N with tert-alkyl or cyclic N) is 1. The highest BCUT2D eigenvalue weighted by Crippen LogP contribution is 2.46. The predicted molar refractivity (Wildman–Crippen MR) is 147 cm³/mol. The van der Waals surface area contributed by atoms with Gasteiger partial charge in [0, 0.05) is 51.6 Å². The van der Waals surface area contributed by atoms with Gasteiger partial charge < -0.3 is 24.6 Å². The van der Waals surface area contributed by atoms with Crippen molar-refractivity contribution < 1.29 is 14.6 Å². The summed E-state index contributed by atoms with van der Waals surface area (Å²) in [5.41, 5.74) is 2.60. The first-order valence-electron chi connectivity index (χ1n) is 12.9. The third kappa shape index (κ3) is 4.83. The molecule has 1 aromatic heterocycles. The fourth-order valence-electron chi connectivity index (χ4n) is 6.27. The van der Waals surface area contributed by atoms with Crippen LogP contribution in [0.25, 0.3) is 10.9 Å². The normalized spacial score (nSPS) is 20.8. The average Bonchev–Trinajstić information content (AvgIpc) is 3.47. The number of aliphatic hydroxyl groups is 1. The van der Waals surface area contributed by atoms with Gasteiger partial charge in [0.05, 0.1) is 17.7 Å². The molecule has 196 valence electrons. The number of likely N-dealkylation sites (tertiary alicyclic amines) is 2. The van der Waals surface area contributed by atoms with Crippen molar-refractivity contribution in [2.24, 2.45) is 5.92 Å². The predicted octanol–water partition coefficient (Wildman–Crippen LogP) is 5.77. The van der Waals surface area contributed by atoms with Gasteiger partial charge in [0.1, 0.15) is 11.4 Å². The van der Waals surface area contributed by atoms with Gasteiger partial charge in [-0.05, 0) is 75.0 Å². The molecule has 0 saturated carbocycles. The lowest BCUT2D eigenvalue weighted by atomic mass is 9.74. The number of hydrogen-bond donors (Lipinski definition) is 2. The quantitative estimate of drug-likeness (QED) is 0.424. The molecule has 6 nitrogen and oxygen atoms in total. The molecule has 9 heteroatoms. The van der Waals surface area contributed by atoms with Gasteiger partial charge in [-0.2, -0.15) is 0 Å². The maximum Gasteiger partial charge on any atom is 0.270 e. The lowest BCUT2D eigenvalue weighted by Gasteiger charge is -2.41. The molecule has 1 atom stereocenters. The van der Waals surface area contributed by atoms with Crippen molar-refractivity contribution in [2.45, 2.75) is 37.2 Å². The van der Waals surface area contributed by atoms with Gasteiger partial charge in [0.15, 0.2) is 0 Å². The molecule has 6 rings (SSSR count). The Hall–Kier alpha value is -1.96. The number of rotatable bonds is 4. The summed E-state index contributed by atoms with van der Waals surface area (Å²) >= 11 is 18.5. The summed E-state index contributed by atoms with van der Waals surface area (Å²) < 4.78 is 5.97. The molecule has 3 aliphatic rings. The lowest BCUT2D eigenvalue weighted by Crippen LogP contribution is -2.48. The molecule has 2 saturated heterocycles. The Labute approximate surface area is 231 Å². The van der Waals surface area contributed by atoms with E-state index in [0.717, 1.165) is 55.4 Å². The SMILES string of the molecule is O=C(c1cc2c(Cl)cc(Cl)cc2[nH]1)N1CCC(C(O)CN2CCC3(CC2)COc2cc(Cl)ccc23)CC1. The minimum Gasteiger partial charge on any atom is -0.492 e. The van der Waals surface area contributed by atoms with Crippen molar-refractivity contribution in [3.8, 4) is 5.75 Å². The van der Waals surface area contributed by atoms with E-state index in [1.165, 1.54) is 5.56 Å². The molecule has 0 aliphatic carbocycles. The molecule has 0 radical (unpaired) electrons. The summed E-state index contributed by atoms with van der Waals surface area (Å²) in [6.45, 7) is 4.51. The molecular weight excluding hydrogens is 533 g/mol. The highest BCUT2D eigenvalue weighted by molar-refractivity contribution is 6.38. The van der Waals surface area contributed by atoms with Crippen LogP contribution in [0.15, 0.2) is 36.4 Å². The van der Waals surface area contributed by atoms with Crippen LogP contribution in [0.5, 0.6) is 5.75 Å². The van der Waals surface area contributed by atoms with Crippen molar-refractivity contribution in [2.75, 3.05) is 39.3 Å². The second-order valence-electron chi connectivity index (χ2n) is 10.7. The number of ether oxygens (including phenoxy) is 1. The van der Waals surface area contributed by atoms with Crippen molar-refractivity contribution in [1.29, 1.82) is 0 Å². The third-order valence-corrected chi connectivity index (χ3v) is 9.30. The van der Waals surface area contributed by atoms with Crippen LogP contribution in [-0.2, 0) is 5.41 Å². The van der Waals surface area contributed by atoms with Gasteiger partial charge in [-0.1, -0.05) is 40.9 Å². The molecule has 37 heavy (non-hydrogen) atoms. The Kier molecular flexibility index (Phi) is 6.83. The number of halogens is 3. The van der Waals surface area contributed by atoms with E-state index in [0.29, 0.717) is 47.0 Å². The molecular formula is C28H30Cl3N3O3. The standard InChI is InChI=1S/C28H30Cl3N3O3/c29-18-1-2-21-26(13-18)37-16-28(21)5-9-33(10-6-28)15-25(35)17-3-7-34(8-4-17)27(36)24-14-20-22(31)11-19(30)12-23(20)32-24/h1-2,11-14,17,25,32,35H,3-10,15-16H2. The molecule has 1 spiro atoms. The van der Waals surface area contributed by atoms with Crippen molar-refractivity contribution in [3.05, 3.63) is 62.7 Å². The summed E-state index contributed by atoms with van der Waals surface area (Å²) in [6, 6.07) is 11.2. The highest BCUT2D eigenvalue weighted by atomic mass is 35.5. The number of hydrogen-bond acceptors (Lipinski definition) is 4. The number of H-pyrrole nitrogens is 1. The minimum absolute atomic E-state index is 0.0435. The molecule has 1 amide bonds. The highest BCUT2D eigenvalue weighted by Gasteiger charge is 2.43. The van der Waals surface area contributed by atoms with Crippen LogP contribution in [0.2, 0.25) is 15.1 Å². The summed E-state index contributed by atoms with van der Waals surface area (Å²) in [5.74, 6) is 1.06. The maximum absolute atomic E-state index is 13.1. The first-order valence-corrected chi connectivity index (χ1v) is 14.0. The van der Waals surface area contributed by atoms with E-state index in [9.17, 15) is 9.90 Å². The van der Waals surface area contributed by atoms with E-state index in [4.69, 9.17) is 39.5 Å². The topological polar surface area (TPSA) is 68.8 Å². The zero-order chi connectivity index (χ0) is 25.7. The van der Waals surface area contributed by atoms with Gasteiger partial charge in [-0.3, -0.25) is 4.79 Å². The van der Waals surface area contributed by atoms with Crippen molar-refractivity contribution >= 4 is 51.6 Å². The summed E-state index contributed by atoms with van der Waals surface area (Å²) in [5, 5.41) is 13.6. The molecule has 2 N–H and O–H groups in total. The van der Waals surface area contributed by atoms with E-state index in [-0.39, 0.29) is 17.2 Å². The first-order chi connectivity index (χ1) is 17.8. The molecule has 3 aromatic rings. The number of nitrogens with one attached hydrogen (secondary N) is 1. The molecule has 2 fully saturated rings. The fraction of sp³-hybridized carbons (Fsp3) is 0.464. The van der Waals surface area contributed by atoms with Gasteiger partial charge in [0.25, 0.3) is 5.91 Å². The Morgan fingerprint density at radius 1 is 1.05 bits per heavy atom. The number of piperidine rings is 2. The van der Waals surface area contributed by atoms with E-state index in [1.54, 1.807) is 18.2 Å². The van der Waals surface area contributed by atoms with Gasteiger partial charge >= 0.3 is 0 Å². The van der Waals surface area contributed by atoms with Crippen LogP contribution < -0.4 is 4.74 Å². The van der Waals surface area contributed by atoms with Crippen LogP contribution in [0.3, 0.4) is 0 Å². The Morgan fingerprint density at radius 2 is 1.81 bits per heavy atom. The smallest absolute Gasteiger partial charge is 0.270 e. The van der Waals surface area contributed by atoms with Gasteiger partial charge in [-0.25, -0.2) is 0 Å². The van der Waals surface area contributed by atoms with Gasteiger partial charge in [-0.15, -0.1) is 0 Å². The van der Waals surface area contributed by atoms with E-state index < -0.39 is 6.10 Å². The zero-order valence-corrected chi connectivity index (χ0v) is 22.7. The van der Waals surface area contributed by atoms with E-state index in [1.807, 2.05) is 17.0 Å². The van der Waals surface area contributed by atoms with Crippen molar-refractivity contribution in [3.63, 3.8) is 0 Å². The number of carbonyl (C=O) groups is 1. The van der Waals surface area contributed by atoms with Gasteiger partial charge in [0.2, 0.25) is 0 Å². The number of fused-ring (bicyclic) bond motifs is 3. The number of aromatic amines is 1. The largest absolute Gasteiger partial charge is 0.492 e. The molecule has 1 unspecified atom stereocenters. The number of carbonyl (C=O) groups excluding carboxylic acids is 1. The maximum atomic E-state index is 13.1. The summed E-state index contributed by atoms with van der Waals surface area (Å²) in [6.07, 6.45) is 3.22. The lowest BCUT2D eigenvalue weighted by molar-refractivity contribution is 0.0181. The van der Waals surface area contributed by atoms with Crippen LogP contribution >= 0.6 is 34.8 Å². The Balaban J connectivity index is 1.01. The Bertz CT molecular complexity index is 1330. The monoisotopic (exact) mass is 561 g/mol. The number of aromatic nitrogens is 1. The average molecular weight is 563 g/mol. The first kappa shape index (κ1) is 25.3. The summed E-state index contributed by atoms with van der Waals surface area (Å²) in [4.78, 5) is 20.5. The zero-order valence-electron chi connectivity index (χ0n) is 20.5. The number of benzene rings is 2.